The molecule has 0 amide bonds. The number of nitrogens with zero attached hydrogens (tertiary/aromatic N) is 1. The smallest absolute Gasteiger partial charge is 0.203 e. The van der Waals surface area contributed by atoms with Crippen molar-refractivity contribution in [3.05, 3.63) is 41.5 Å². The highest BCUT2D eigenvalue weighted by atomic mass is 35.5. The third-order valence-electron chi connectivity index (χ3n) is 4.98. The van der Waals surface area contributed by atoms with Crippen LogP contribution in [0.25, 0.3) is 0 Å². The molecule has 0 saturated heterocycles. The molecule has 2 aromatic rings. The van der Waals surface area contributed by atoms with E-state index >= 15 is 0 Å². The molecule has 0 radical (unpaired) electrons. The summed E-state index contributed by atoms with van der Waals surface area (Å²) >= 11 is 0. The van der Waals surface area contributed by atoms with Crippen LogP contribution in [-0.4, -0.2) is 59.6 Å². The van der Waals surface area contributed by atoms with Gasteiger partial charge < -0.3 is 23.7 Å². The molecule has 6 nitrogen and oxygen atoms in total. The average Bonchev–Trinajstić information content (AvgIpc) is 2.73. The Bertz CT molecular complexity index is 791. The van der Waals surface area contributed by atoms with Crippen LogP contribution >= 0.6 is 12.4 Å². The molecular weight excluding hydrogens is 418 g/mol. The van der Waals surface area contributed by atoms with Gasteiger partial charge in [-0.3, -0.25) is 4.90 Å². The SMILES string of the molecule is COc1cc(C(C)C)c(OCCN(C)CCOc2c(OC)cccc2OC)cc1C.Cl. The Morgan fingerprint density at radius 1 is 0.806 bits per heavy atom. The molecule has 0 aliphatic carbocycles. The molecule has 0 heterocycles. The highest BCUT2D eigenvalue weighted by Gasteiger charge is 2.14. The number of rotatable bonds is 12. The number of likely N-dealkylation sites (N-methyl/N-ethyl adjacent to an activating group) is 1. The van der Waals surface area contributed by atoms with Crippen molar-refractivity contribution < 1.29 is 23.7 Å². The first-order valence-corrected chi connectivity index (χ1v) is 10.2. The summed E-state index contributed by atoms with van der Waals surface area (Å²) in [6, 6.07) is 9.73. The van der Waals surface area contributed by atoms with E-state index in [0.717, 1.165) is 35.7 Å². The zero-order chi connectivity index (χ0) is 22.1. The van der Waals surface area contributed by atoms with Gasteiger partial charge in [0.25, 0.3) is 0 Å². The zero-order valence-corrected chi connectivity index (χ0v) is 20.5. The van der Waals surface area contributed by atoms with Gasteiger partial charge in [0.1, 0.15) is 24.7 Å². The van der Waals surface area contributed by atoms with Crippen molar-refractivity contribution in [2.75, 3.05) is 54.7 Å². The second kappa shape index (κ2) is 13.2. The maximum Gasteiger partial charge on any atom is 0.203 e. The fraction of sp³-hybridized carbons (Fsp3) is 0.500. The van der Waals surface area contributed by atoms with Gasteiger partial charge in [-0.1, -0.05) is 19.9 Å². The Hall–Kier alpha value is -2.31. The van der Waals surface area contributed by atoms with E-state index in [1.54, 1.807) is 21.3 Å². The maximum absolute atomic E-state index is 6.11. The fourth-order valence-corrected chi connectivity index (χ4v) is 3.16. The first-order chi connectivity index (χ1) is 14.4. The summed E-state index contributed by atoms with van der Waals surface area (Å²) in [5, 5.41) is 0. The van der Waals surface area contributed by atoms with Crippen LogP contribution < -0.4 is 23.7 Å². The molecule has 2 aromatic carbocycles. The van der Waals surface area contributed by atoms with Gasteiger partial charge in [0.2, 0.25) is 5.75 Å². The number of halogens is 1. The van der Waals surface area contributed by atoms with Crippen molar-refractivity contribution in [2.45, 2.75) is 26.7 Å². The quantitative estimate of drug-likeness (QED) is 0.453. The summed E-state index contributed by atoms with van der Waals surface area (Å²) < 4.78 is 28.2. The van der Waals surface area contributed by atoms with E-state index in [1.165, 1.54) is 0 Å². The average molecular weight is 454 g/mol. The predicted molar refractivity (Wildman–Crippen MR) is 127 cm³/mol. The Labute approximate surface area is 192 Å². The van der Waals surface area contributed by atoms with Crippen molar-refractivity contribution >= 4 is 12.4 Å². The van der Waals surface area contributed by atoms with Crippen LogP contribution in [0.5, 0.6) is 28.7 Å². The van der Waals surface area contributed by atoms with Crippen molar-refractivity contribution in [2.24, 2.45) is 0 Å². The lowest BCUT2D eigenvalue weighted by atomic mass is 10.00. The minimum atomic E-state index is 0. The van der Waals surface area contributed by atoms with Crippen molar-refractivity contribution in [3.63, 3.8) is 0 Å². The minimum absolute atomic E-state index is 0. The molecule has 174 valence electrons. The molecule has 0 aliphatic heterocycles. The third kappa shape index (κ3) is 7.40. The second-order valence-electron chi connectivity index (χ2n) is 7.51. The highest BCUT2D eigenvalue weighted by molar-refractivity contribution is 5.85. The third-order valence-corrected chi connectivity index (χ3v) is 4.98. The number of hydrogen-bond donors (Lipinski definition) is 0. The van der Waals surface area contributed by atoms with Gasteiger partial charge in [0, 0.05) is 18.7 Å². The lowest BCUT2D eigenvalue weighted by molar-refractivity contribution is 0.194. The Morgan fingerprint density at radius 3 is 1.87 bits per heavy atom. The molecule has 0 fully saturated rings. The van der Waals surface area contributed by atoms with E-state index in [2.05, 4.69) is 37.9 Å². The van der Waals surface area contributed by atoms with Gasteiger partial charge in [-0.15, -0.1) is 12.4 Å². The van der Waals surface area contributed by atoms with Crippen LogP contribution in [0.15, 0.2) is 30.3 Å². The summed E-state index contributed by atoms with van der Waals surface area (Å²) in [4.78, 5) is 2.17. The summed E-state index contributed by atoms with van der Waals surface area (Å²) in [7, 11) is 6.99. The van der Waals surface area contributed by atoms with Crippen LogP contribution in [0.3, 0.4) is 0 Å². The molecule has 7 heteroatoms. The highest BCUT2D eigenvalue weighted by Crippen LogP contribution is 2.36. The molecule has 0 aromatic heterocycles. The molecule has 0 unspecified atom stereocenters. The van der Waals surface area contributed by atoms with Gasteiger partial charge in [-0.2, -0.15) is 0 Å². The molecular formula is C24H36ClNO5. The minimum Gasteiger partial charge on any atom is -0.496 e. The van der Waals surface area contributed by atoms with Gasteiger partial charge in [0.15, 0.2) is 11.5 Å². The van der Waals surface area contributed by atoms with Crippen LogP contribution in [-0.2, 0) is 0 Å². The Morgan fingerprint density at radius 2 is 1.35 bits per heavy atom. The molecule has 0 N–H and O–H groups in total. The van der Waals surface area contributed by atoms with E-state index in [-0.39, 0.29) is 12.4 Å². The largest absolute Gasteiger partial charge is 0.496 e. The molecule has 0 atom stereocenters. The lowest BCUT2D eigenvalue weighted by Gasteiger charge is -2.21. The maximum atomic E-state index is 6.11. The zero-order valence-electron chi connectivity index (χ0n) is 19.7. The van der Waals surface area contributed by atoms with Gasteiger partial charge in [-0.25, -0.2) is 0 Å². The molecule has 0 aliphatic rings. The number of methoxy groups -OCH3 is 3. The standard InChI is InChI=1S/C24H35NO5.ClH/c1-17(2)19-16-22(28-7)18(3)15-23(19)29-13-11-25(4)12-14-30-24-20(26-5)9-8-10-21(24)27-6;/h8-10,15-17H,11-14H2,1-7H3;1H. The first kappa shape index (κ1) is 26.7. The molecule has 0 bridgehead atoms. The topological polar surface area (TPSA) is 49.4 Å². The predicted octanol–water partition coefficient (Wildman–Crippen LogP) is 4.96. The number of ether oxygens (including phenoxy) is 5. The summed E-state index contributed by atoms with van der Waals surface area (Å²) in [6.45, 7) is 9.01. The fourth-order valence-electron chi connectivity index (χ4n) is 3.16. The van der Waals surface area contributed by atoms with E-state index in [4.69, 9.17) is 23.7 Å². The van der Waals surface area contributed by atoms with Crippen LogP contribution in [0.4, 0.5) is 0 Å². The number of hydrogen-bond acceptors (Lipinski definition) is 6. The van der Waals surface area contributed by atoms with E-state index in [1.807, 2.05) is 25.1 Å². The van der Waals surface area contributed by atoms with Gasteiger partial charge >= 0.3 is 0 Å². The van der Waals surface area contributed by atoms with E-state index in [0.29, 0.717) is 36.4 Å². The molecule has 31 heavy (non-hydrogen) atoms. The van der Waals surface area contributed by atoms with Crippen molar-refractivity contribution in [1.29, 1.82) is 0 Å². The van der Waals surface area contributed by atoms with Gasteiger partial charge in [0.05, 0.1) is 21.3 Å². The van der Waals surface area contributed by atoms with Crippen LogP contribution in [0, 0.1) is 6.92 Å². The van der Waals surface area contributed by atoms with Crippen molar-refractivity contribution in [1.82, 2.24) is 4.90 Å². The summed E-state index contributed by atoms with van der Waals surface area (Å²) in [5.74, 6) is 4.13. The monoisotopic (exact) mass is 453 g/mol. The lowest BCUT2D eigenvalue weighted by Crippen LogP contribution is -2.28. The Kier molecular flexibility index (Phi) is 11.4. The second-order valence-corrected chi connectivity index (χ2v) is 7.51. The first-order valence-electron chi connectivity index (χ1n) is 10.2. The van der Waals surface area contributed by atoms with Gasteiger partial charge in [-0.05, 0) is 49.7 Å². The number of benzene rings is 2. The van der Waals surface area contributed by atoms with Crippen LogP contribution in [0.1, 0.15) is 30.9 Å². The molecule has 2 rings (SSSR count). The van der Waals surface area contributed by atoms with E-state index in [9.17, 15) is 0 Å². The van der Waals surface area contributed by atoms with Crippen molar-refractivity contribution in [3.8, 4) is 28.7 Å². The molecule has 0 spiro atoms. The van der Waals surface area contributed by atoms with E-state index < -0.39 is 0 Å². The summed E-state index contributed by atoms with van der Waals surface area (Å²) in [5.41, 5.74) is 2.23. The number of para-hydroxylation sites is 1. The number of aryl methyl sites for hydroxylation is 1. The van der Waals surface area contributed by atoms with Crippen LogP contribution in [0.2, 0.25) is 0 Å². The summed E-state index contributed by atoms with van der Waals surface area (Å²) in [6.07, 6.45) is 0. The Balaban J connectivity index is 0.00000480. The molecule has 0 saturated carbocycles. The normalized spacial score (nSPS) is 10.6.